The van der Waals surface area contributed by atoms with Crippen LogP contribution >= 0.6 is 0 Å². The molecule has 0 aromatic carbocycles. The molecule has 1 heterocycles. The second-order valence-corrected chi connectivity index (χ2v) is 4.47. The smallest absolute Gasteiger partial charge is 0.433 e. The van der Waals surface area contributed by atoms with E-state index in [2.05, 4.69) is 15.3 Å². The van der Waals surface area contributed by atoms with Gasteiger partial charge in [-0.25, -0.2) is 4.98 Å². The Morgan fingerprint density at radius 1 is 1.32 bits per heavy atom. The average molecular weight is 277 g/mol. The van der Waals surface area contributed by atoms with Gasteiger partial charge in [0.15, 0.2) is 5.69 Å². The molecule has 108 valence electrons. The van der Waals surface area contributed by atoms with Gasteiger partial charge in [0.05, 0.1) is 6.61 Å². The van der Waals surface area contributed by atoms with Gasteiger partial charge < -0.3 is 10.1 Å². The highest BCUT2D eigenvalue weighted by atomic mass is 19.4. The zero-order valence-corrected chi connectivity index (χ0v) is 11.2. The first-order valence-electron chi connectivity index (χ1n) is 6.16. The van der Waals surface area contributed by atoms with Gasteiger partial charge in [-0.15, -0.1) is 0 Å². The third-order valence-corrected chi connectivity index (χ3v) is 2.27. The van der Waals surface area contributed by atoms with E-state index in [0.29, 0.717) is 19.1 Å². The Hall–Kier alpha value is -1.53. The van der Waals surface area contributed by atoms with Crippen LogP contribution in [0.1, 0.15) is 32.9 Å². The fourth-order valence-electron chi connectivity index (χ4n) is 1.28. The highest BCUT2D eigenvalue weighted by Crippen LogP contribution is 2.30. The lowest BCUT2D eigenvalue weighted by molar-refractivity contribution is -0.141. The minimum atomic E-state index is -4.51. The van der Waals surface area contributed by atoms with E-state index >= 15 is 0 Å². The molecular weight excluding hydrogens is 259 g/mol. The van der Waals surface area contributed by atoms with Crippen LogP contribution in [0.15, 0.2) is 6.07 Å². The Morgan fingerprint density at radius 2 is 2.00 bits per heavy atom. The normalized spacial score (nSPS) is 11.7. The van der Waals surface area contributed by atoms with Gasteiger partial charge in [0.2, 0.25) is 11.8 Å². The highest BCUT2D eigenvalue weighted by Gasteiger charge is 2.34. The van der Waals surface area contributed by atoms with Crippen LogP contribution in [-0.4, -0.2) is 23.1 Å². The third-order valence-electron chi connectivity index (χ3n) is 2.27. The summed E-state index contributed by atoms with van der Waals surface area (Å²) in [7, 11) is 0. The molecule has 0 aliphatic heterocycles. The van der Waals surface area contributed by atoms with Gasteiger partial charge in [0.1, 0.15) is 0 Å². The molecule has 0 radical (unpaired) electrons. The van der Waals surface area contributed by atoms with Crippen LogP contribution in [0.2, 0.25) is 0 Å². The summed E-state index contributed by atoms with van der Waals surface area (Å²) in [5, 5.41) is 2.66. The van der Waals surface area contributed by atoms with Crippen LogP contribution in [-0.2, 0) is 6.18 Å². The summed E-state index contributed by atoms with van der Waals surface area (Å²) in [5.74, 6) is 0.285. The number of hydrogen-bond donors (Lipinski definition) is 1. The van der Waals surface area contributed by atoms with Crippen molar-refractivity contribution in [3.63, 3.8) is 0 Å². The van der Waals surface area contributed by atoms with Crippen molar-refractivity contribution in [2.45, 2.75) is 33.4 Å². The van der Waals surface area contributed by atoms with Gasteiger partial charge in [-0.3, -0.25) is 0 Å². The molecule has 1 N–H and O–H groups in total. The maximum Gasteiger partial charge on any atom is 0.433 e. The Balaban J connectivity index is 2.87. The molecule has 0 fully saturated rings. The molecule has 0 aliphatic carbocycles. The van der Waals surface area contributed by atoms with Gasteiger partial charge in [-0.05, 0) is 19.3 Å². The quantitative estimate of drug-likeness (QED) is 0.866. The Labute approximate surface area is 110 Å². The molecule has 7 heteroatoms. The molecular formula is C12H18F3N3O. The van der Waals surface area contributed by atoms with Crippen molar-refractivity contribution < 1.29 is 17.9 Å². The zero-order valence-electron chi connectivity index (χ0n) is 11.2. The van der Waals surface area contributed by atoms with E-state index in [0.717, 1.165) is 12.5 Å². The van der Waals surface area contributed by atoms with Crippen LogP contribution in [0.3, 0.4) is 0 Å². The Morgan fingerprint density at radius 3 is 2.53 bits per heavy atom. The van der Waals surface area contributed by atoms with Crippen molar-refractivity contribution in [2.75, 3.05) is 18.5 Å². The van der Waals surface area contributed by atoms with E-state index in [9.17, 15) is 13.2 Å². The fraction of sp³-hybridized carbons (Fsp3) is 0.667. The van der Waals surface area contributed by atoms with E-state index in [1.54, 1.807) is 6.92 Å². The molecule has 0 unspecified atom stereocenters. The number of anilines is 1. The van der Waals surface area contributed by atoms with Crippen molar-refractivity contribution in [3.8, 4) is 5.88 Å². The largest absolute Gasteiger partial charge is 0.478 e. The number of nitrogens with zero attached hydrogens (tertiary/aromatic N) is 2. The first kappa shape index (κ1) is 15.5. The van der Waals surface area contributed by atoms with Crippen LogP contribution in [0.25, 0.3) is 0 Å². The van der Waals surface area contributed by atoms with Crippen LogP contribution < -0.4 is 10.1 Å². The van der Waals surface area contributed by atoms with Gasteiger partial charge >= 0.3 is 6.18 Å². The lowest BCUT2D eigenvalue weighted by Crippen LogP contribution is -2.13. The molecule has 0 spiro atoms. The SMILES string of the molecule is CCNc1nc(OCCC(C)C)cc(C(F)(F)F)n1. The monoisotopic (exact) mass is 277 g/mol. The van der Waals surface area contributed by atoms with Gasteiger partial charge in [-0.2, -0.15) is 18.2 Å². The average Bonchev–Trinajstić information content (AvgIpc) is 2.27. The topological polar surface area (TPSA) is 47.0 Å². The number of ether oxygens (including phenoxy) is 1. The molecule has 19 heavy (non-hydrogen) atoms. The Bertz CT molecular complexity index is 408. The molecule has 0 saturated carbocycles. The molecule has 1 aromatic heterocycles. The number of alkyl halides is 3. The summed E-state index contributed by atoms with van der Waals surface area (Å²) >= 11 is 0. The van der Waals surface area contributed by atoms with E-state index in [1.807, 2.05) is 13.8 Å². The van der Waals surface area contributed by atoms with Crippen LogP contribution in [0.5, 0.6) is 5.88 Å². The van der Waals surface area contributed by atoms with Crippen molar-refractivity contribution in [2.24, 2.45) is 5.92 Å². The second-order valence-electron chi connectivity index (χ2n) is 4.47. The number of aromatic nitrogens is 2. The van der Waals surface area contributed by atoms with E-state index in [-0.39, 0.29) is 11.8 Å². The zero-order chi connectivity index (χ0) is 14.5. The predicted molar refractivity (Wildman–Crippen MR) is 66.1 cm³/mol. The van der Waals surface area contributed by atoms with E-state index < -0.39 is 11.9 Å². The van der Waals surface area contributed by atoms with Crippen molar-refractivity contribution in [1.82, 2.24) is 9.97 Å². The van der Waals surface area contributed by atoms with Crippen molar-refractivity contribution in [3.05, 3.63) is 11.8 Å². The minimum absolute atomic E-state index is 0.0566. The summed E-state index contributed by atoms with van der Waals surface area (Å²) in [6.07, 6.45) is -3.76. The summed E-state index contributed by atoms with van der Waals surface area (Å²) in [4.78, 5) is 7.30. The van der Waals surface area contributed by atoms with Crippen LogP contribution in [0.4, 0.5) is 19.1 Å². The molecule has 0 saturated heterocycles. The van der Waals surface area contributed by atoms with E-state index in [4.69, 9.17) is 4.74 Å². The molecule has 0 atom stereocenters. The van der Waals surface area contributed by atoms with Crippen molar-refractivity contribution >= 4 is 5.95 Å². The molecule has 0 aliphatic rings. The summed E-state index contributed by atoms with van der Waals surface area (Å²) in [6.45, 7) is 6.54. The maximum absolute atomic E-state index is 12.7. The summed E-state index contributed by atoms with van der Waals surface area (Å²) in [6, 6.07) is 0.821. The Kier molecular flexibility index (Phi) is 5.38. The number of rotatable bonds is 6. The lowest BCUT2D eigenvalue weighted by Gasteiger charge is -2.12. The summed E-state index contributed by atoms with van der Waals surface area (Å²) in [5.41, 5.74) is -1.00. The first-order valence-corrected chi connectivity index (χ1v) is 6.16. The van der Waals surface area contributed by atoms with Crippen LogP contribution in [0, 0.1) is 5.92 Å². The molecule has 0 bridgehead atoms. The fourth-order valence-corrected chi connectivity index (χ4v) is 1.28. The number of halogens is 3. The first-order chi connectivity index (χ1) is 8.82. The highest BCUT2D eigenvalue weighted by molar-refractivity contribution is 5.31. The molecule has 4 nitrogen and oxygen atoms in total. The predicted octanol–water partition coefficient (Wildman–Crippen LogP) is 3.35. The number of hydrogen-bond acceptors (Lipinski definition) is 4. The van der Waals surface area contributed by atoms with Gasteiger partial charge in [-0.1, -0.05) is 13.8 Å². The number of nitrogens with one attached hydrogen (secondary N) is 1. The minimum Gasteiger partial charge on any atom is -0.478 e. The molecule has 0 amide bonds. The lowest BCUT2D eigenvalue weighted by atomic mass is 10.1. The molecule has 1 aromatic rings. The van der Waals surface area contributed by atoms with Crippen molar-refractivity contribution in [1.29, 1.82) is 0 Å². The van der Waals surface area contributed by atoms with E-state index in [1.165, 1.54) is 0 Å². The second kappa shape index (κ2) is 6.58. The maximum atomic E-state index is 12.7. The molecule has 1 rings (SSSR count). The summed E-state index contributed by atoms with van der Waals surface area (Å²) < 4.78 is 43.2. The standard InChI is InChI=1S/C12H18F3N3O/c1-4-16-11-17-9(12(13,14)15)7-10(18-11)19-6-5-8(2)3/h7-8H,4-6H2,1-3H3,(H,16,17,18). The van der Waals surface area contributed by atoms with Gasteiger partial charge in [0.25, 0.3) is 0 Å². The van der Waals surface area contributed by atoms with Gasteiger partial charge in [0, 0.05) is 12.6 Å². The third kappa shape index (κ3) is 5.32.